The molecular weight excluding hydrogens is 206 g/mol. The number of halogens is 2. The van der Waals surface area contributed by atoms with E-state index in [0.717, 1.165) is 6.07 Å². The number of hydrogen-bond acceptors (Lipinski definition) is 4. The number of anilines is 2. The fourth-order valence-electron chi connectivity index (χ4n) is 1.03. The van der Waals surface area contributed by atoms with Gasteiger partial charge < -0.3 is 21.3 Å². The summed E-state index contributed by atoms with van der Waals surface area (Å²) in [6.45, 7) is -0.578. The lowest BCUT2D eigenvalue weighted by Crippen LogP contribution is -2.24. The quantitative estimate of drug-likeness (QED) is 0.548. The lowest BCUT2D eigenvalue weighted by Gasteiger charge is -2.13. The summed E-state index contributed by atoms with van der Waals surface area (Å²) in [5, 5.41) is 19.9. The Morgan fingerprint density at radius 3 is 2.67 bits per heavy atom. The average molecular weight is 218 g/mol. The molecule has 1 aromatic carbocycles. The average Bonchev–Trinajstić information content (AvgIpc) is 2.23. The molecule has 0 fully saturated rings. The predicted octanol–water partition coefficient (Wildman–Crippen LogP) is 0.312. The molecule has 6 heteroatoms. The Kier molecular flexibility index (Phi) is 3.81. The molecule has 4 nitrogen and oxygen atoms in total. The Labute approximate surface area is 85.3 Å². The summed E-state index contributed by atoms with van der Waals surface area (Å²) in [4.78, 5) is 0. The second-order valence-corrected chi connectivity index (χ2v) is 3.04. The Morgan fingerprint density at radius 2 is 2.07 bits per heavy atom. The monoisotopic (exact) mass is 218 g/mol. The van der Waals surface area contributed by atoms with Crippen LogP contribution in [0.1, 0.15) is 0 Å². The van der Waals surface area contributed by atoms with Crippen molar-refractivity contribution in [3.05, 3.63) is 23.8 Å². The fraction of sp³-hybridized carbons (Fsp3) is 0.333. The molecule has 0 bridgehead atoms. The van der Waals surface area contributed by atoms with Crippen LogP contribution in [0.4, 0.5) is 20.2 Å². The van der Waals surface area contributed by atoms with Gasteiger partial charge in [-0.25, -0.2) is 8.78 Å². The van der Waals surface area contributed by atoms with Crippen LogP contribution in [0.15, 0.2) is 12.1 Å². The van der Waals surface area contributed by atoms with E-state index in [1.807, 2.05) is 0 Å². The molecule has 5 N–H and O–H groups in total. The molecular formula is C9H12F2N2O2. The molecule has 0 saturated carbocycles. The van der Waals surface area contributed by atoms with Gasteiger partial charge in [-0.1, -0.05) is 0 Å². The van der Waals surface area contributed by atoms with Gasteiger partial charge in [0, 0.05) is 6.54 Å². The first-order chi connectivity index (χ1) is 7.06. The van der Waals surface area contributed by atoms with Crippen molar-refractivity contribution in [2.24, 2.45) is 0 Å². The van der Waals surface area contributed by atoms with E-state index in [1.54, 1.807) is 0 Å². The Bertz CT molecular complexity index is 347. The van der Waals surface area contributed by atoms with Crippen molar-refractivity contribution in [1.82, 2.24) is 0 Å². The second-order valence-electron chi connectivity index (χ2n) is 3.04. The van der Waals surface area contributed by atoms with Gasteiger partial charge in [0.05, 0.1) is 24.1 Å². The van der Waals surface area contributed by atoms with Gasteiger partial charge in [0.15, 0.2) is 11.6 Å². The zero-order valence-electron chi connectivity index (χ0n) is 7.87. The fourth-order valence-corrected chi connectivity index (χ4v) is 1.03. The second kappa shape index (κ2) is 4.90. The van der Waals surface area contributed by atoms with Gasteiger partial charge in [0.1, 0.15) is 0 Å². The molecule has 0 aliphatic carbocycles. The van der Waals surface area contributed by atoms with E-state index in [2.05, 4.69) is 5.32 Å². The first-order valence-electron chi connectivity index (χ1n) is 4.32. The van der Waals surface area contributed by atoms with Crippen LogP contribution in [0.5, 0.6) is 0 Å². The van der Waals surface area contributed by atoms with Crippen molar-refractivity contribution in [1.29, 1.82) is 0 Å². The Morgan fingerprint density at radius 1 is 1.40 bits per heavy atom. The first-order valence-corrected chi connectivity index (χ1v) is 4.32. The van der Waals surface area contributed by atoms with Gasteiger partial charge in [-0.05, 0) is 12.1 Å². The van der Waals surface area contributed by atoms with Crippen molar-refractivity contribution in [3.8, 4) is 0 Å². The summed E-state index contributed by atoms with van der Waals surface area (Å²) < 4.78 is 25.9. The third-order valence-electron chi connectivity index (χ3n) is 1.85. The van der Waals surface area contributed by atoms with Crippen LogP contribution >= 0.6 is 0 Å². The number of benzene rings is 1. The topological polar surface area (TPSA) is 78.5 Å². The molecule has 0 aromatic heterocycles. The van der Waals surface area contributed by atoms with Crippen LogP contribution in [0.25, 0.3) is 0 Å². The van der Waals surface area contributed by atoms with E-state index in [-0.39, 0.29) is 17.9 Å². The number of hydrogen-bond donors (Lipinski definition) is 4. The van der Waals surface area contributed by atoms with E-state index >= 15 is 0 Å². The molecule has 15 heavy (non-hydrogen) atoms. The standard InChI is InChI=1S/C9H12F2N2O2/c10-6-1-2-7(12)9(8(6)11)13-3-5(15)4-14/h1-2,5,13-15H,3-4,12H2. The van der Waals surface area contributed by atoms with Crippen LogP contribution < -0.4 is 11.1 Å². The predicted molar refractivity (Wildman–Crippen MR) is 52.4 cm³/mol. The van der Waals surface area contributed by atoms with E-state index in [0.29, 0.717) is 0 Å². The van der Waals surface area contributed by atoms with E-state index < -0.39 is 24.3 Å². The molecule has 0 saturated heterocycles. The number of rotatable bonds is 4. The van der Waals surface area contributed by atoms with Crippen molar-refractivity contribution in [3.63, 3.8) is 0 Å². The van der Waals surface area contributed by atoms with E-state index in [4.69, 9.17) is 15.9 Å². The SMILES string of the molecule is Nc1ccc(F)c(F)c1NCC(O)CO. The van der Waals surface area contributed by atoms with Gasteiger partial charge in [-0.2, -0.15) is 0 Å². The van der Waals surface area contributed by atoms with Gasteiger partial charge >= 0.3 is 0 Å². The maximum absolute atomic E-state index is 13.2. The molecule has 0 radical (unpaired) electrons. The molecule has 1 atom stereocenters. The Hall–Kier alpha value is -1.40. The van der Waals surface area contributed by atoms with E-state index in [9.17, 15) is 8.78 Å². The summed E-state index contributed by atoms with van der Waals surface area (Å²) >= 11 is 0. The number of nitrogens with two attached hydrogens (primary N) is 1. The van der Waals surface area contributed by atoms with Gasteiger partial charge in [0.2, 0.25) is 0 Å². The first kappa shape index (κ1) is 11.7. The molecule has 1 rings (SSSR count). The van der Waals surface area contributed by atoms with E-state index in [1.165, 1.54) is 6.07 Å². The van der Waals surface area contributed by atoms with Crippen LogP contribution in [-0.4, -0.2) is 29.5 Å². The molecule has 0 aliphatic heterocycles. The summed E-state index contributed by atoms with van der Waals surface area (Å²) in [6, 6.07) is 2.13. The van der Waals surface area contributed by atoms with Crippen molar-refractivity contribution >= 4 is 11.4 Å². The normalized spacial score (nSPS) is 12.5. The van der Waals surface area contributed by atoms with Crippen molar-refractivity contribution in [2.45, 2.75) is 6.10 Å². The lowest BCUT2D eigenvalue weighted by atomic mass is 10.2. The number of aliphatic hydroxyl groups excluding tert-OH is 2. The summed E-state index contributed by atoms with van der Waals surface area (Å²) in [6.07, 6.45) is -1.05. The summed E-state index contributed by atoms with van der Waals surface area (Å²) in [5.74, 6) is -2.12. The van der Waals surface area contributed by atoms with Crippen molar-refractivity contribution in [2.75, 3.05) is 24.2 Å². The highest BCUT2D eigenvalue weighted by Gasteiger charge is 2.12. The van der Waals surface area contributed by atoms with Gasteiger partial charge in [0.25, 0.3) is 0 Å². The van der Waals surface area contributed by atoms with Crippen LogP contribution in [0, 0.1) is 11.6 Å². The Balaban J connectivity index is 2.80. The highest BCUT2D eigenvalue weighted by Crippen LogP contribution is 2.24. The highest BCUT2D eigenvalue weighted by molar-refractivity contribution is 5.66. The minimum atomic E-state index is -1.10. The molecule has 0 heterocycles. The largest absolute Gasteiger partial charge is 0.397 e. The third-order valence-corrected chi connectivity index (χ3v) is 1.85. The molecule has 84 valence electrons. The number of nitrogens with one attached hydrogen (secondary N) is 1. The molecule has 0 aliphatic rings. The zero-order valence-corrected chi connectivity index (χ0v) is 7.87. The number of nitrogen functional groups attached to an aromatic ring is 1. The maximum atomic E-state index is 13.2. The zero-order chi connectivity index (χ0) is 11.4. The highest BCUT2D eigenvalue weighted by atomic mass is 19.2. The third kappa shape index (κ3) is 2.77. The molecule has 1 aromatic rings. The smallest absolute Gasteiger partial charge is 0.183 e. The minimum absolute atomic E-state index is 0.0408. The van der Waals surface area contributed by atoms with Crippen molar-refractivity contribution < 1.29 is 19.0 Å². The molecule has 0 spiro atoms. The van der Waals surface area contributed by atoms with Crippen LogP contribution in [0.2, 0.25) is 0 Å². The maximum Gasteiger partial charge on any atom is 0.183 e. The lowest BCUT2D eigenvalue weighted by molar-refractivity contribution is 0.105. The molecule has 0 amide bonds. The van der Waals surface area contributed by atoms with Crippen LogP contribution in [-0.2, 0) is 0 Å². The number of aliphatic hydroxyl groups is 2. The summed E-state index contributed by atoms with van der Waals surface area (Å²) in [7, 11) is 0. The minimum Gasteiger partial charge on any atom is -0.397 e. The van der Waals surface area contributed by atoms with Gasteiger partial charge in [-0.3, -0.25) is 0 Å². The summed E-state index contributed by atoms with van der Waals surface area (Å²) in [5.41, 5.74) is 5.24. The molecule has 1 unspecified atom stereocenters. The van der Waals surface area contributed by atoms with Gasteiger partial charge in [-0.15, -0.1) is 0 Å². The van der Waals surface area contributed by atoms with Crippen LogP contribution in [0.3, 0.4) is 0 Å².